The molecule has 1 aromatic carbocycles. The molecule has 174 valence electrons. The lowest BCUT2D eigenvalue weighted by atomic mass is 10.0. The Hall–Kier alpha value is -4.58. The number of amides is 1. The maximum Gasteiger partial charge on any atom is 0.219 e. The first-order valence-corrected chi connectivity index (χ1v) is 11.5. The fourth-order valence-corrected chi connectivity index (χ4v) is 4.93. The number of aromatic amines is 1. The van der Waals surface area contributed by atoms with E-state index in [2.05, 4.69) is 21.1 Å². The highest BCUT2D eigenvalue weighted by Gasteiger charge is 2.23. The summed E-state index contributed by atoms with van der Waals surface area (Å²) in [4.78, 5) is 21.1. The Kier molecular flexibility index (Phi) is 4.81. The van der Waals surface area contributed by atoms with Crippen molar-refractivity contribution in [2.24, 2.45) is 0 Å². The van der Waals surface area contributed by atoms with Crippen LogP contribution in [0.2, 0.25) is 0 Å². The Morgan fingerprint density at radius 1 is 1.20 bits per heavy atom. The average Bonchev–Trinajstić information content (AvgIpc) is 3.62. The lowest BCUT2D eigenvalue weighted by Gasteiger charge is -2.31. The van der Waals surface area contributed by atoms with Crippen molar-refractivity contribution in [3.63, 3.8) is 0 Å². The summed E-state index contributed by atoms with van der Waals surface area (Å²) in [5, 5.41) is 15.6. The number of rotatable bonds is 3. The molecule has 1 amide bonds. The molecule has 9 heteroatoms. The van der Waals surface area contributed by atoms with Crippen LogP contribution in [-0.2, 0) is 4.79 Å². The molecule has 6 rings (SSSR count). The number of H-pyrrole nitrogens is 1. The molecule has 0 bridgehead atoms. The van der Waals surface area contributed by atoms with Crippen molar-refractivity contribution in [2.45, 2.75) is 25.8 Å². The number of nitrogens with one attached hydrogen (secondary N) is 1. The Bertz CT molecular complexity index is 1630. The van der Waals surface area contributed by atoms with Gasteiger partial charge in [0.2, 0.25) is 5.91 Å². The van der Waals surface area contributed by atoms with Gasteiger partial charge < -0.3 is 20.0 Å². The molecule has 9 nitrogen and oxygen atoms in total. The molecule has 1 aliphatic heterocycles. The van der Waals surface area contributed by atoms with Crippen LogP contribution in [0.25, 0.3) is 44.3 Å². The van der Waals surface area contributed by atoms with Gasteiger partial charge in [-0.05, 0) is 31.0 Å². The van der Waals surface area contributed by atoms with E-state index in [1.165, 1.54) is 0 Å². The van der Waals surface area contributed by atoms with Gasteiger partial charge in [0.05, 0.1) is 23.9 Å². The first-order chi connectivity index (χ1) is 17.0. The highest BCUT2D eigenvalue weighted by Crippen LogP contribution is 2.39. The zero-order chi connectivity index (χ0) is 24.1. The van der Waals surface area contributed by atoms with Gasteiger partial charge >= 0.3 is 0 Å². The van der Waals surface area contributed by atoms with E-state index in [0.717, 1.165) is 58.9 Å². The molecule has 1 saturated heterocycles. The normalized spacial score (nSPS) is 14.6. The van der Waals surface area contributed by atoms with E-state index >= 15 is 0 Å². The number of carbonyl (C=O) groups excluding carboxylic acids is 1. The highest BCUT2D eigenvalue weighted by molar-refractivity contribution is 6.03. The molecule has 3 N–H and O–H groups in total. The third-order valence-corrected chi connectivity index (χ3v) is 6.86. The molecule has 0 saturated carbocycles. The minimum Gasteiger partial charge on any atom is -0.452 e. The Labute approximate surface area is 200 Å². The van der Waals surface area contributed by atoms with E-state index in [-0.39, 0.29) is 11.9 Å². The predicted molar refractivity (Wildman–Crippen MR) is 132 cm³/mol. The van der Waals surface area contributed by atoms with Crippen LogP contribution in [0.3, 0.4) is 0 Å². The van der Waals surface area contributed by atoms with Gasteiger partial charge in [0.1, 0.15) is 5.76 Å². The maximum atomic E-state index is 11.6. The Balaban J connectivity index is 1.37. The molecular formula is C26H23N7O2. The second-order valence-corrected chi connectivity index (χ2v) is 8.93. The summed E-state index contributed by atoms with van der Waals surface area (Å²) >= 11 is 0. The molecular weight excluding hydrogens is 442 g/mol. The van der Waals surface area contributed by atoms with Gasteiger partial charge in [-0.2, -0.15) is 10.4 Å². The number of benzene rings is 1. The summed E-state index contributed by atoms with van der Waals surface area (Å²) < 4.78 is 8.18. The van der Waals surface area contributed by atoms with Gasteiger partial charge in [-0.15, -0.1) is 0 Å². The Morgan fingerprint density at radius 2 is 2.03 bits per heavy atom. The summed E-state index contributed by atoms with van der Waals surface area (Å²) in [6, 6.07) is 9.91. The van der Waals surface area contributed by atoms with Crippen LogP contribution in [0.1, 0.15) is 31.4 Å². The van der Waals surface area contributed by atoms with Crippen molar-refractivity contribution in [1.82, 2.24) is 24.6 Å². The topological polar surface area (TPSA) is 130 Å². The average molecular weight is 466 g/mol. The summed E-state index contributed by atoms with van der Waals surface area (Å²) in [6.07, 6.45) is 9.25. The number of aromatic nitrogens is 4. The van der Waals surface area contributed by atoms with Gasteiger partial charge in [0.15, 0.2) is 11.4 Å². The lowest BCUT2D eigenvalue weighted by molar-refractivity contribution is -0.130. The van der Waals surface area contributed by atoms with Gasteiger partial charge in [0.25, 0.3) is 0 Å². The molecule has 1 aliphatic rings. The monoisotopic (exact) mass is 465 g/mol. The first kappa shape index (κ1) is 21.0. The van der Waals surface area contributed by atoms with E-state index in [4.69, 9.17) is 10.2 Å². The number of nitriles is 1. The molecule has 4 aromatic heterocycles. The number of nitrogen functional groups attached to an aromatic ring is 1. The van der Waals surface area contributed by atoms with Crippen molar-refractivity contribution >= 4 is 33.6 Å². The summed E-state index contributed by atoms with van der Waals surface area (Å²) in [6.45, 7) is 3.10. The van der Waals surface area contributed by atoms with Gasteiger partial charge in [-0.3, -0.25) is 9.48 Å². The number of furan rings is 1. The standard InChI is InChI=1S/C26H23N7O2/c1-15(34)32-6-4-18(5-7-32)33-14-17(11-31-33)21-12-30-26(28)25-20(21)9-24(35-25)22-13-29-23-8-16(10-27)2-3-19(22)23/h2-3,8-9,11-14,18,29H,4-7H2,1H3,(H2,28,30). The van der Waals surface area contributed by atoms with Gasteiger partial charge in [-0.25, -0.2) is 4.98 Å². The molecule has 5 aromatic rings. The highest BCUT2D eigenvalue weighted by atomic mass is 16.3. The quantitative estimate of drug-likeness (QED) is 0.404. The zero-order valence-corrected chi connectivity index (χ0v) is 19.2. The van der Waals surface area contributed by atoms with Crippen molar-refractivity contribution < 1.29 is 9.21 Å². The number of pyridine rings is 1. The first-order valence-electron chi connectivity index (χ1n) is 11.5. The second-order valence-electron chi connectivity index (χ2n) is 8.93. The van der Waals surface area contributed by atoms with Crippen LogP contribution in [-0.4, -0.2) is 43.6 Å². The van der Waals surface area contributed by atoms with E-state index < -0.39 is 0 Å². The van der Waals surface area contributed by atoms with Crippen molar-refractivity contribution in [2.75, 3.05) is 18.8 Å². The van der Waals surface area contributed by atoms with Crippen LogP contribution < -0.4 is 5.73 Å². The number of fused-ring (bicyclic) bond motifs is 2. The molecule has 0 spiro atoms. The van der Waals surface area contributed by atoms with Crippen LogP contribution in [0, 0.1) is 11.3 Å². The third-order valence-electron chi connectivity index (χ3n) is 6.86. The van der Waals surface area contributed by atoms with Crippen LogP contribution in [0.15, 0.2) is 53.5 Å². The summed E-state index contributed by atoms with van der Waals surface area (Å²) in [5.41, 5.74) is 10.9. The predicted octanol–water partition coefficient (Wildman–Crippen LogP) is 4.48. The third kappa shape index (κ3) is 3.51. The number of hydrogen-bond donors (Lipinski definition) is 2. The zero-order valence-electron chi connectivity index (χ0n) is 19.2. The smallest absolute Gasteiger partial charge is 0.219 e. The molecule has 0 atom stereocenters. The number of carbonyl (C=O) groups is 1. The summed E-state index contributed by atoms with van der Waals surface area (Å²) in [5.74, 6) is 1.11. The van der Waals surface area contributed by atoms with Gasteiger partial charge in [-0.1, -0.05) is 6.07 Å². The van der Waals surface area contributed by atoms with Crippen LogP contribution >= 0.6 is 0 Å². The number of nitrogens with two attached hydrogens (primary N) is 1. The molecule has 5 heterocycles. The number of nitrogens with zero attached hydrogens (tertiary/aromatic N) is 5. The summed E-state index contributed by atoms with van der Waals surface area (Å²) in [7, 11) is 0. The SMILES string of the molecule is CC(=O)N1CCC(n2cc(-c3cnc(N)c4oc(-c5c[nH]c6cc(C#N)ccc56)cc34)cn2)CC1. The van der Waals surface area contributed by atoms with E-state index in [0.29, 0.717) is 22.7 Å². The largest absolute Gasteiger partial charge is 0.452 e. The minimum absolute atomic E-state index is 0.122. The van der Waals surface area contributed by atoms with Gasteiger partial charge in [0, 0.05) is 71.6 Å². The molecule has 35 heavy (non-hydrogen) atoms. The van der Waals surface area contributed by atoms with Crippen molar-refractivity contribution in [3.05, 3.63) is 54.6 Å². The molecule has 0 unspecified atom stereocenters. The molecule has 0 aliphatic carbocycles. The number of hydrogen-bond acceptors (Lipinski definition) is 6. The van der Waals surface area contributed by atoms with Crippen molar-refractivity contribution in [1.29, 1.82) is 5.26 Å². The maximum absolute atomic E-state index is 11.6. The molecule has 1 fully saturated rings. The minimum atomic E-state index is 0.122. The number of likely N-dealkylation sites (tertiary alicyclic amines) is 1. The van der Waals surface area contributed by atoms with Crippen molar-refractivity contribution in [3.8, 4) is 28.5 Å². The van der Waals surface area contributed by atoms with Crippen LogP contribution in [0.5, 0.6) is 0 Å². The van der Waals surface area contributed by atoms with Crippen LogP contribution in [0.4, 0.5) is 5.82 Å². The fraction of sp³-hybridized carbons (Fsp3) is 0.231. The van der Waals surface area contributed by atoms with E-state index in [9.17, 15) is 10.1 Å². The number of piperidine rings is 1. The van der Waals surface area contributed by atoms with E-state index in [1.54, 1.807) is 19.2 Å². The molecule has 0 radical (unpaired) electrons. The number of anilines is 1. The fourth-order valence-electron chi connectivity index (χ4n) is 4.93. The van der Waals surface area contributed by atoms with E-state index in [1.807, 2.05) is 46.4 Å². The second kappa shape index (κ2) is 8.02. The Morgan fingerprint density at radius 3 is 2.80 bits per heavy atom. The lowest BCUT2D eigenvalue weighted by Crippen LogP contribution is -2.37.